The van der Waals surface area contributed by atoms with E-state index < -0.39 is 4.92 Å². The van der Waals surface area contributed by atoms with Crippen LogP contribution in [0, 0.1) is 24.0 Å². The van der Waals surface area contributed by atoms with E-state index in [1.807, 2.05) is 48.9 Å². The lowest BCUT2D eigenvalue weighted by atomic mass is 10.2. The van der Waals surface area contributed by atoms with Crippen molar-refractivity contribution in [2.45, 2.75) is 33.4 Å². The maximum absolute atomic E-state index is 12.1. The summed E-state index contributed by atoms with van der Waals surface area (Å²) in [7, 11) is 0. The van der Waals surface area contributed by atoms with Crippen LogP contribution in [0.3, 0.4) is 0 Å². The Balaban J connectivity index is 1.59. The van der Waals surface area contributed by atoms with Crippen molar-refractivity contribution in [1.29, 1.82) is 0 Å². The van der Waals surface area contributed by atoms with Gasteiger partial charge in [0.25, 0.3) is 0 Å². The number of nitro groups is 1. The second-order valence-electron chi connectivity index (χ2n) is 6.12. The van der Waals surface area contributed by atoms with Gasteiger partial charge in [-0.3, -0.25) is 4.79 Å². The fourth-order valence-corrected chi connectivity index (χ4v) is 2.82. The lowest BCUT2D eigenvalue weighted by molar-refractivity contribution is -0.389. The molecular formula is C18H20N6O3. The molecular weight excluding hydrogens is 348 g/mol. The minimum Gasteiger partial charge on any atom is -0.358 e. The zero-order valence-corrected chi connectivity index (χ0v) is 15.1. The first kappa shape index (κ1) is 18.3. The highest BCUT2D eigenvalue weighted by Gasteiger charge is 2.15. The summed E-state index contributed by atoms with van der Waals surface area (Å²) < 4.78 is 3.25. The largest absolute Gasteiger partial charge is 0.389 e. The van der Waals surface area contributed by atoms with Crippen LogP contribution < -0.4 is 5.32 Å². The zero-order chi connectivity index (χ0) is 19.4. The quantitative estimate of drug-likeness (QED) is 0.508. The molecule has 0 atom stereocenters. The maximum Gasteiger partial charge on any atom is 0.389 e. The van der Waals surface area contributed by atoms with Crippen molar-refractivity contribution in [2.24, 2.45) is 0 Å². The predicted molar refractivity (Wildman–Crippen MR) is 98.4 cm³/mol. The number of nitrogens with one attached hydrogen (secondary N) is 1. The van der Waals surface area contributed by atoms with Crippen LogP contribution in [-0.4, -0.2) is 30.4 Å². The van der Waals surface area contributed by atoms with Crippen LogP contribution in [0.2, 0.25) is 0 Å². The summed E-state index contributed by atoms with van der Waals surface area (Å²) in [6.45, 7) is 4.54. The minimum absolute atomic E-state index is 0.153. The smallest absolute Gasteiger partial charge is 0.358 e. The Morgan fingerprint density at radius 1 is 1.19 bits per heavy atom. The number of hydrogen-bond acceptors (Lipinski definition) is 5. The van der Waals surface area contributed by atoms with Crippen molar-refractivity contribution in [2.75, 3.05) is 0 Å². The third-order valence-corrected chi connectivity index (χ3v) is 4.29. The number of aryl methyl sites for hydroxylation is 2. The average molecular weight is 368 g/mol. The van der Waals surface area contributed by atoms with Gasteiger partial charge in [0.15, 0.2) is 0 Å². The van der Waals surface area contributed by atoms with Crippen LogP contribution in [0.1, 0.15) is 23.4 Å². The summed E-state index contributed by atoms with van der Waals surface area (Å²) >= 11 is 0. The first-order chi connectivity index (χ1) is 13.0. The van der Waals surface area contributed by atoms with Gasteiger partial charge >= 0.3 is 5.82 Å². The number of amides is 1. The Morgan fingerprint density at radius 3 is 2.59 bits per heavy atom. The van der Waals surface area contributed by atoms with Crippen LogP contribution in [0.25, 0.3) is 5.69 Å². The third kappa shape index (κ3) is 4.20. The Bertz CT molecular complexity index is 961. The molecule has 2 aromatic heterocycles. The molecule has 0 unspecified atom stereocenters. The van der Waals surface area contributed by atoms with Crippen molar-refractivity contribution in [1.82, 2.24) is 24.9 Å². The Morgan fingerprint density at radius 2 is 1.93 bits per heavy atom. The summed E-state index contributed by atoms with van der Waals surface area (Å²) in [6.07, 6.45) is 1.67. The third-order valence-electron chi connectivity index (χ3n) is 4.29. The van der Waals surface area contributed by atoms with Gasteiger partial charge in [0.1, 0.15) is 0 Å². The van der Waals surface area contributed by atoms with Gasteiger partial charge in [-0.1, -0.05) is 18.2 Å². The standard InChI is InChI=1S/C18H20N6O3/c1-13-16(14(2)23(20-13)15-6-4-3-5-7-15)12-19-18(25)9-11-22-10-8-17(21-22)24(26)27/h3-8,10H,9,11-12H2,1-2H3,(H,19,25). The number of rotatable bonds is 7. The highest BCUT2D eigenvalue weighted by Crippen LogP contribution is 2.17. The molecule has 1 amide bonds. The summed E-state index contributed by atoms with van der Waals surface area (Å²) in [5.74, 6) is -0.380. The van der Waals surface area contributed by atoms with Gasteiger partial charge in [0, 0.05) is 24.2 Å². The van der Waals surface area contributed by atoms with Gasteiger partial charge in [-0.25, -0.2) is 4.68 Å². The van der Waals surface area contributed by atoms with Gasteiger partial charge in [0.05, 0.1) is 35.3 Å². The minimum atomic E-state index is -0.563. The SMILES string of the molecule is Cc1nn(-c2ccccc2)c(C)c1CNC(=O)CCn1ccc([N+](=O)[O-])n1. The number of aromatic nitrogens is 4. The summed E-state index contributed by atoms with van der Waals surface area (Å²) in [4.78, 5) is 22.2. The molecule has 2 heterocycles. The molecule has 0 fully saturated rings. The Kier molecular flexibility index (Phi) is 5.30. The number of nitrogens with zero attached hydrogens (tertiary/aromatic N) is 5. The number of benzene rings is 1. The number of para-hydroxylation sites is 1. The van der Waals surface area contributed by atoms with E-state index in [4.69, 9.17) is 0 Å². The predicted octanol–water partition coefficient (Wildman–Crippen LogP) is 2.30. The molecule has 0 aliphatic rings. The van der Waals surface area contributed by atoms with Crippen LogP contribution >= 0.6 is 0 Å². The van der Waals surface area contributed by atoms with Crippen molar-refractivity contribution < 1.29 is 9.72 Å². The highest BCUT2D eigenvalue weighted by atomic mass is 16.6. The Hall–Kier alpha value is -3.49. The highest BCUT2D eigenvalue weighted by molar-refractivity contribution is 5.75. The fraction of sp³-hybridized carbons (Fsp3) is 0.278. The maximum atomic E-state index is 12.1. The molecule has 9 heteroatoms. The summed E-state index contributed by atoms with van der Waals surface area (Å²) in [5.41, 5.74) is 3.78. The molecule has 0 saturated carbocycles. The zero-order valence-electron chi connectivity index (χ0n) is 15.1. The van der Waals surface area contributed by atoms with E-state index >= 15 is 0 Å². The van der Waals surface area contributed by atoms with Gasteiger partial charge in [0.2, 0.25) is 5.91 Å². The Labute approximate surface area is 155 Å². The topological polar surface area (TPSA) is 108 Å². The van der Waals surface area contributed by atoms with E-state index in [2.05, 4.69) is 15.5 Å². The molecule has 0 bridgehead atoms. The van der Waals surface area contributed by atoms with Crippen LogP contribution in [0.15, 0.2) is 42.6 Å². The van der Waals surface area contributed by atoms with Crippen LogP contribution in [-0.2, 0) is 17.9 Å². The molecule has 0 radical (unpaired) electrons. The van der Waals surface area contributed by atoms with E-state index in [-0.39, 0.29) is 24.7 Å². The molecule has 0 aliphatic carbocycles. The van der Waals surface area contributed by atoms with Gasteiger partial charge in [-0.2, -0.15) is 9.78 Å². The molecule has 9 nitrogen and oxygen atoms in total. The average Bonchev–Trinajstić information content (AvgIpc) is 3.24. The first-order valence-corrected chi connectivity index (χ1v) is 8.51. The molecule has 27 heavy (non-hydrogen) atoms. The molecule has 0 saturated heterocycles. The molecule has 1 N–H and O–H groups in total. The number of hydrogen-bond donors (Lipinski definition) is 1. The second kappa shape index (κ2) is 7.81. The monoisotopic (exact) mass is 368 g/mol. The lowest BCUT2D eigenvalue weighted by Gasteiger charge is -2.07. The lowest BCUT2D eigenvalue weighted by Crippen LogP contribution is -2.24. The van der Waals surface area contributed by atoms with Crippen molar-refractivity contribution in [3.05, 3.63) is 69.7 Å². The van der Waals surface area contributed by atoms with Crippen molar-refractivity contribution >= 4 is 11.7 Å². The van der Waals surface area contributed by atoms with Gasteiger partial charge in [-0.15, -0.1) is 0 Å². The molecule has 3 rings (SSSR count). The van der Waals surface area contributed by atoms with Crippen LogP contribution in [0.5, 0.6) is 0 Å². The summed E-state index contributed by atoms with van der Waals surface area (Å²) in [6, 6.07) is 11.1. The first-order valence-electron chi connectivity index (χ1n) is 8.51. The van der Waals surface area contributed by atoms with Crippen molar-refractivity contribution in [3.8, 4) is 5.69 Å². The van der Waals surface area contributed by atoms with E-state index in [9.17, 15) is 14.9 Å². The van der Waals surface area contributed by atoms with E-state index in [0.29, 0.717) is 6.54 Å². The summed E-state index contributed by atoms with van der Waals surface area (Å²) in [5, 5.41) is 21.8. The molecule has 0 spiro atoms. The van der Waals surface area contributed by atoms with E-state index in [1.54, 1.807) is 0 Å². The second-order valence-corrected chi connectivity index (χ2v) is 6.12. The molecule has 1 aromatic carbocycles. The van der Waals surface area contributed by atoms with Crippen LogP contribution in [0.4, 0.5) is 5.82 Å². The van der Waals surface area contributed by atoms with Gasteiger partial charge < -0.3 is 15.4 Å². The van der Waals surface area contributed by atoms with Gasteiger partial charge in [-0.05, 0) is 30.9 Å². The van der Waals surface area contributed by atoms with Crippen molar-refractivity contribution in [3.63, 3.8) is 0 Å². The molecule has 0 aliphatic heterocycles. The number of carbonyl (C=O) groups excluding carboxylic acids is 1. The van der Waals surface area contributed by atoms with E-state index in [1.165, 1.54) is 16.9 Å². The molecule has 140 valence electrons. The normalized spacial score (nSPS) is 10.7. The van der Waals surface area contributed by atoms with E-state index in [0.717, 1.165) is 22.6 Å². The number of carbonyl (C=O) groups is 1. The fourth-order valence-electron chi connectivity index (χ4n) is 2.82. The molecule has 3 aromatic rings.